The summed E-state index contributed by atoms with van der Waals surface area (Å²) in [6.45, 7) is 3.15. The normalized spacial score (nSPS) is 17.2. The van der Waals surface area contributed by atoms with E-state index in [9.17, 15) is 0 Å². The molecule has 5 nitrogen and oxygen atoms in total. The number of piperidine rings is 1. The van der Waals surface area contributed by atoms with Gasteiger partial charge in [0.1, 0.15) is 11.5 Å². The smallest absolute Gasteiger partial charge is 0.119 e. The first-order valence-electron chi connectivity index (χ1n) is 12.5. The van der Waals surface area contributed by atoms with Crippen LogP contribution in [0.2, 0.25) is 0 Å². The van der Waals surface area contributed by atoms with E-state index >= 15 is 0 Å². The van der Waals surface area contributed by atoms with Crippen molar-refractivity contribution in [3.63, 3.8) is 0 Å². The zero-order chi connectivity index (χ0) is 23.3. The SMILES string of the molecule is COc1ccc(NC2CCN(Cc3ccnc(-c4cc(OC)cc(C5CCC5)c4)c3)CC2)cc1. The summed E-state index contributed by atoms with van der Waals surface area (Å²) in [4.78, 5) is 7.25. The van der Waals surface area contributed by atoms with Crippen molar-refractivity contribution in [1.29, 1.82) is 0 Å². The number of hydrogen-bond donors (Lipinski definition) is 1. The number of rotatable bonds is 8. The van der Waals surface area contributed by atoms with E-state index in [1.165, 1.54) is 30.4 Å². The Balaban J connectivity index is 1.20. The van der Waals surface area contributed by atoms with E-state index in [4.69, 9.17) is 14.5 Å². The third-order valence-corrected chi connectivity index (χ3v) is 7.32. The number of aromatic nitrogens is 1. The van der Waals surface area contributed by atoms with E-state index in [2.05, 4.69) is 52.7 Å². The molecule has 1 aromatic heterocycles. The van der Waals surface area contributed by atoms with E-state index in [-0.39, 0.29) is 0 Å². The highest BCUT2D eigenvalue weighted by atomic mass is 16.5. The van der Waals surface area contributed by atoms with Crippen LogP contribution in [-0.4, -0.2) is 43.2 Å². The van der Waals surface area contributed by atoms with Crippen LogP contribution in [0.3, 0.4) is 0 Å². The largest absolute Gasteiger partial charge is 0.497 e. The van der Waals surface area contributed by atoms with Crippen molar-refractivity contribution in [3.8, 4) is 22.8 Å². The molecule has 5 heteroatoms. The molecule has 2 heterocycles. The van der Waals surface area contributed by atoms with E-state index in [0.717, 1.165) is 60.9 Å². The molecule has 0 amide bonds. The third kappa shape index (κ3) is 5.36. The second kappa shape index (κ2) is 10.5. The topological polar surface area (TPSA) is 46.6 Å². The third-order valence-electron chi connectivity index (χ3n) is 7.32. The Bertz CT molecular complexity index is 1090. The summed E-state index contributed by atoms with van der Waals surface area (Å²) in [5.74, 6) is 2.49. The van der Waals surface area contributed by atoms with Crippen LogP contribution in [0, 0.1) is 0 Å². The fourth-order valence-electron chi connectivity index (χ4n) is 5.01. The molecule has 2 aromatic carbocycles. The van der Waals surface area contributed by atoms with Gasteiger partial charge in [-0.1, -0.05) is 6.42 Å². The molecular formula is C29H35N3O2. The van der Waals surface area contributed by atoms with Gasteiger partial charge >= 0.3 is 0 Å². The van der Waals surface area contributed by atoms with Crippen LogP contribution in [0.5, 0.6) is 11.5 Å². The molecule has 1 aliphatic carbocycles. The zero-order valence-corrected chi connectivity index (χ0v) is 20.3. The minimum Gasteiger partial charge on any atom is -0.497 e. The molecule has 178 valence electrons. The molecular weight excluding hydrogens is 422 g/mol. The number of nitrogens with zero attached hydrogens (tertiary/aromatic N) is 2. The van der Waals surface area contributed by atoms with Gasteiger partial charge in [-0.15, -0.1) is 0 Å². The first kappa shape index (κ1) is 22.7. The summed E-state index contributed by atoms with van der Waals surface area (Å²) in [5, 5.41) is 3.68. The highest BCUT2D eigenvalue weighted by molar-refractivity contribution is 5.63. The molecule has 0 unspecified atom stereocenters. The molecule has 1 saturated heterocycles. The van der Waals surface area contributed by atoms with Crippen LogP contribution in [0.4, 0.5) is 5.69 Å². The van der Waals surface area contributed by atoms with Crippen LogP contribution in [0.15, 0.2) is 60.8 Å². The van der Waals surface area contributed by atoms with E-state index in [1.54, 1.807) is 14.2 Å². The number of hydrogen-bond acceptors (Lipinski definition) is 5. The first-order valence-corrected chi connectivity index (χ1v) is 12.5. The molecule has 2 aliphatic rings. The van der Waals surface area contributed by atoms with Crippen LogP contribution < -0.4 is 14.8 Å². The van der Waals surface area contributed by atoms with Crippen molar-refractivity contribution in [1.82, 2.24) is 9.88 Å². The molecule has 2 fully saturated rings. The van der Waals surface area contributed by atoms with Gasteiger partial charge in [0.15, 0.2) is 0 Å². The molecule has 1 aliphatic heterocycles. The van der Waals surface area contributed by atoms with Crippen molar-refractivity contribution in [2.24, 2.45) is 0 Å². The molecule has 3 aromatic rings. The summed E-state index contributed by atoms with van der Waals surface area (Å²) in [6.07, 6.45) is 8.13. The molecule has 0 radical (unpaired) electrons. The summed E-state index contributed by atoms with van der Waals surface area (Å²) >= 11 is 0. The van der Waals surface area contributed by atoms with Gasteiger partial charge in [-0.3, -0.25) is 9.88 Å². The Morgan fingerprint density at radius 3 is 2.32 bits per heavy atom. The van der Waals surface area contributed by atoms with Gasteiger partial charge < -0.3 is 14.8 Å². The number of pyridine rings is 1. The Morgan fingerprint density at radius 1 is 0.882 bits per heavy atom. The molecule has 5 rings (SSSR count). The fourth-order valence-corrected chi connectivity index (χ4v) is 5.01. The maximum absolute atomic E-state index is 5.60. The van der Waals surface area contributed by atoms with Crippen molar-refractivity contribution >= 4 is 5.69 Å². The lowest BCUT2D eigenvalue weighted by molar-refractivity contribution is 0.211. The second-order valence-electron chi connectivity index (χ2n) is 9.60. The minimum absolute atomic E-state index is 0.513. The molecule has 0 atom stereocenters. The number of benzene rings is 2. The van der Waals surface area contributed by atoms with Crippen LogP contribution >= 0.6 is 0 Å². The Morgan fingerprint density at radius 2 is 1.65 bits per heavy atom. The lowest BCUT2D eigenvalue weighted by Gasteiger charge is -2.33. The van der Waals surface area contributed by atoms with Gasteiger partial charge in [-0.25, -0.2) is 0 Å². The van der Waals surface area contributed by atoms with Crippen molar-refractivity contribution in [2.45, 2.75) is 50.6 Å². The zero-order valence-electron chi connectivity index (χ0n) is 20.3. The lowest BCUT2D eigenvalue weighted by atomic mass is 9.79. The van der Waals surface area contributed by atoms with Gasteiger partial charge in [0.25, 0.3) is 0 Å². The van der Waals surface area contributed by atoms with Gasteiger partial charge in [0.05, 0.1) is 19.9 Å². The van der Waals surface area contributed by atoms with Crippen LogP contribution in [0.25, 0.3) is 11.3 Å². The molecule has 34 heavy (non-hydrogen) atoms. The van der Waals surface area contributed by atoms with Crippen LogP contribution in [-0.2, 0) is 6.54 Å². The summed E-state index contributed by atoms with van der Waals surface area (Å²) in [6, 6.07) is 19.8. The van der Waals surface area contributed by atoms with Crippen molar-refractivity contribution in [2.75, 3.05) is 32.6 Å². The van der Waals surface area contributed by atoms with Crippen molar-refractivity contribution < 1.29 is 9.47 Å². The summed E-state index contributed by atoms with van der Waals surface area (Å²) in [5.41, 5.74) is 6.06. The number of nitrogens with one attached hydrogen (secondary N) is 1. The van der Waals surface area contributed by atoms with Crippen molar-refractivity contribution in [3.05, 3.63) is 71.9 Å². The summed E-state index contributed by atoms with van der Waals surface area (Å²) < 4.78 is 10.9. The van der Waals surface area contributed by atoms with Gasteiger partial charge in [-0.2, -0.15) is 0 Å². The summed E-state index contributed by atoms with van der Waals surface area (Å²) in [7, 11) is 3.45. The number of methoxy groups -OCH3 is 2. The number of ether oxygens (including phenoxy) is 2. The predicted molar refractivity (Wildman–Crippen MR) is 138 cm³/mol. The van der Waals surface area contributed by atoms with Gasteiger partial charge in [0, 0.05) is 43.1 Å². The molecule has 0 spiro atoms. The minimum atomic E-state index is 0.513. The van der Waals surface area contributed by atoms with Gasteiger partial charge in [0.2, 0.25) is 0 Å². The average molecular weight is 458 g/mol. The average Bonchev–Trinajstić information content (AvgIpc) is 2.85. The predicted octanol–water partition coefficient (Wildman–Crippen LogP) is 6.11. The molecule has 1 saturated carbocycles. The molecule has 0 bridgehead atoms. The quantitative estimate of drug-likeness (QED) is 0.442. The Hall–Kier alpha value is -3.05. The highest BCUT2D eigenvalue weighted by Gasteiger charge is 2.22. The maximum Gasteiger partial charge on any atom is 0.119 e. The van der Waals surface area contributed by atoms with E-state index < -0.39 is 0 Å². The van der Waals surface area contributed by atoms with Gasteiger partial charge in [-0.05, 0) is 97.3 Å². The highest BCUT2D eigenvalue weighted by Crippen LogP contribution is 2.39. The lowest BCUT2D eigenvalue weighted by Crippen LogP contribution is -2.38. The maximum atomic E-state index is 5.60. The molecule has 1 N–H and O–H groups in total. The first-order chi connectivity index (χ1) is 16.7. The Labute approximate surface area is 203 Å². The van der Waals surface area contributed by atoms with E-state index in [1.807, 2.05) is 18.3 Å². The number of likely N-dealkylation sites (tertiary alicyclic amines) is 1. The second-order valence-corrected chi connectivity index (χ2v) is 9.60. The van der Waals surface area contributed by atoms with Crippen LogP contribution in [0.1, 0.15) is 49.1 Å². The Kier molecular flexibility index (Phi) is 7.00. The fraction of sp³-hybridized carbons (Fsp3) is 0.414. The van der Waals surface area contributed by atoms with E-state index in [0.29, 0.717) is 12.0 Å². The monoisotopic (exact) mass is 457 g/mol. The number of anilines is 1. The standard InChI is InChI=1S/C29H35N3O2/c1-33-27-8-6-25(7-9-27)31-26-11-14-32(15-12-26)20-21-10-13-30-29(16-21)24-17-23(22-4-3-5-22)18-28(19-24)34-2/h6-10,13,16-19,22,26,31H,3-5,11-12,14-15,20H2,1-2H3.